The van der Waals surface area contributed by atoms with Gasteiger partial charge in [-0.2, -0.15) is 5.26 Å². The molecule has 11 heteroatoms. The van der Waals surface area contributed by atoms with Crippen molar-refractivity contribution in [3.63, 3.8) is 0 Å². The minimum absolute atomic E-state index is 0.126. The average molecular weight is 479 g/mol. The van der Waals surface area contributed by atoms with E-state index in [2.05, 4.69) is 15.3 Å². The first kappa shape index (κ1) is 24.1. The maximum Gasteiger partial charge on any atom is 0.328 e. The standard InChI is InChI=1S/C24H26N6O5/c1-15(32)29(2)12-17-8-16-4-3-6-30(23(16)27-20(17)13-31)24(33)28-22-9-21(18(10-25)11-26-22)35-19-5-7-34-14-19/h8-9,11,13,19H,3-7,12,14H2,1-2H3,(H,26,28,33)/t19-/m0/s1. The van der Waals surface area contributed by atoms with E-state index in [-0.39, 0.29) is 35.6 Å². The molecule has 4 rings (SSSR count). The summed E-state index contributed by atoms with van der Waals surface area (Å²) in [6, 6.07) is 4.94. The highest BCUT2D eigenvalue weighted by atomic mass is 16.5. The predicted molar refractivity (Wildman–Crippen MR) is 125 cm³/mol. The van der Waals surface area contributed by atoms with Crippen molar-refractivity contribution in [1.82, 2.24) is 14.9 Å². The van der Waals surface area contributed by atoms with Crippen LogP contribution in [0.4, 0.5) is 16.4 Å². The Morgan fingerprint density at radius 3 is 2.94 bits per heavy atom. The first-order valence-corrected chi connectivity index (χ1v) is 11.3. The number of aryl methyl sites for hydroxylation is 1. The number of hydrogen-bond donors (Lipinski definition) is 1. The Labute approximate surface area is 202 Å². The number of fused-ring (bicyclic) bond motifs is 1. The molecular weight excluding hydrogens is 452 g/mol. The third-order valence-electron chi connectivity index (χ3n) is 5.98. The van der Waals surface area contributed by atoms with E-state index in [0.29, 0.717) is 62.4 Å². The summed E-state index contributed by atoms with van der Waals surface area (Å²) in [5, 5.41) is 12.1. The van der Waals surface area contributed by atoms with Crippen LogP contribution < -0.4 is 15.0 Å². The van der Waals surface area contributed by atoms with Crippen molar-refractivity contribution in [2.75, 3.05) is 37.0 Å². The van der Waals surface area contributed by atoms with Crippen molar-refractivity contribution >= 4 is 29.9 Å². The van der Waals surface area contributed by atoms with Gasteiger partial charge in [0.05, 0.1) is 19.4 Å². The molecule has 1 fully saturated rings. The molecule has 0 unspecified atom stereocenters. The lowest BCUT2D eigenvalue weighted by atomic mass is 10.0. The molecular formula is C24H26N6O5. The van der Waals surface area contributed by atoms with Crippen LogP contribution in [0.15, 0.2) is 18.3 Å². The Morgan fingerprint density at radius 2 is 2.26 bits per heavy atom. The van der Waals surface area contributed by atoms with Crippen molar-refractivity contribution in [1.29, 1.82) is 5.26 Å². The summed E-state index contributed by atoms with van der Waals surface area (Å²) < 4.78 is 11.2. The summed E-state index contributed by atoms with van der Waals surface area (Å²) in [6.45, 7) is 3.15. The monoisotopic (exact) mass is 478 g/mol. The molecule has 0 aromatic carbocycles. The largest absolute Gasteiger partial charge is 0.486 e. The number of anilines is 2. The van der Waals surface area contributed by atoms with Crippen LogP contribution in [-0.4, -0.2) is 66.0 Å². The number of urea groups is 1. The Hall–Kier alpha value is -4.04. The Bertz CT molecular complexity index is 1190. The van der Waals surface area contributed by atoms with Crippen molar-refractivity contribution < 1.29 is 23.9 Å². The van der Waals surface area contributed by atoms with Gasteiger partial charge in [-0.3, -0.25) is 19.8 Å². The third-order valence-corrected chi connectivity index (χ3v) is 5.98. The lowest BCUT2D eigenvalue weighted by molar-refractivity contribution is -0.128. The number of nitriles is 1. The highest BCUT2D eigenvalue weighted by Crippen LogP contribution is 2.29. The molecule has 1 N–H and O–H groups in total. The van der Waals surface area contributed by atoms with Crippen LogP contribution in [0.5, 0.6) is 5.75 Å². The Morgan fingerprint density at radius 1 is 1.43 bits per heavy atom. The van der Waals surface area contributed by atoms with Crippen LogP contribution in [0.25, 0.3) is 0 Å². The number of aldehydes is 1. The molecule has 11 nitrogen and oxygen atoms in total. The molecule has 0 saturated carbocycles. The van der Waals surface area contributed by atoms with E-state index < -0.39 is 6.03 Å². The molecule has 0 aliphatic carbocycles. The topological polar surface area (TPSA) is 138 Å². The number of carbonyl (C=O) groups is 3. The molecule has 0 radical (unpaired) electrons. The van der Waals surface area contributed by atoms with Crippen LogP contribution in [0, 0.1) is 11.3 Å². The summed E-state index contributed by atoms with van der Waals surface area (Å²) in [5.41, 5.74) is 1.90. The van der Waals surface area contributed by atoms with Gasteiger partial charge in [0.1, 0.15) is 40.8 Å². The molecule has 1 atom stereocenters. The maximum atomic E-state index is 13.2. The second-order valence-corrected chi connectivity index (χ2v) is 8.47. The number of nitrogens with zero attached hydrogens (tertiary/aromatic N) is 5. The first-order chi connectivity index (χ1) is 16.9. The fourth-order valence-corrected chi connectivity index (χ4v) is 4.00. The van der Waals surface area contributed by atoms with E-state index in [1.54, 1.807) is 7.05 Å². The molecule has 182 valence electrons. The molecule has 1 saturated heterocycles. The van der Waals surface area contributed by atoms with Gasteiger partial charge in [-0.15, -0.1) is 0 Å². The van der Waals surface area contributed by atoms with Gasteiger partial charge >= 0.3 is 6.03 Å². The van der Waals surface area contributed by atoms with E-state index in [4.69, 9.17) is 9.47 Å². The number of rotatable bonds is 6. The number of amides is 3. The zero-order valence-corrected chi connectivity index (χ0v) is 19.6. The van der Waals surface area contributed by atoms with Crippen molar-refractivity contribution in [3.8, 4) is 11.8 Å². The Kier molecular flexibility index (Phi) is 7.22. The van der Waals surface area contributed by atoms with Crippen LogP contribution in [0.2, 0.25) is 0 Å². The van der Waals surface area contributed by atoms with Gasteiger partial charge in [0.15, 0.2) is 6.29 Å². The minimum atomic E-state index is -0.462. The third kappa shape index (κ3) is 5.38. The van der Waals surface area contributed by atoms with Crippen LogP contribution in [0.3, 0.4) is 0 Å². The number of pyridine rings is 2. The predicted octanol–water partition coefficient (Wildman–Crippen LogP) is 2.29. The fourth-order valence-electron chi connectivity index (χ4n) is 4.00. The lowest BCUT2D eigenvalue weighted by Crippen LogP contribution is -2.40. The van der Waals surface area contributed by atoms with E-state index >= 15 is 0 Å². The van der Waals surface area contributed by atoms with Gasteiger partial charge in [-0.1, -0.05) is 0 Å². The maximum absolute atomic E-state index is 13.2. The molecule has 3 amide bonds. The summed E-state index contributed by atoms with van der Waals surface area (Å²) in [7, 11) is 1.65. The van der Waals surface area contributed by atoms with E-state index in [1.807, 2.05) is 12.1 Å². The highest BCUT2D eigenvalue weighted by Gasteiger charge is 2.27. The summed E-state index contributed by atoms with van der Waals surface area (Å²) >= 11 is 0. The molecule has 2 aliphatic rings. The first-order valence-electron chi connectivity index (χ1n) is 11.3. The second-order valence-electron chi connectivity index (χ2n) is 8.47. The van der Waals surface area contributed by atoms with Gasteiger partial charge in [0, 0.05) is 45.1 Å². The van der Waals surface area contributed by atoms with E-state index in [9.17, 15) is 19.6 Å². The zero-order chi connectivity index (χ0) is 24.9. The Balaban J connectivity index is 1.56. The fraction of sp³-hybridized carbons (Fsp3) is 0.417. The van der Waals surface area contributed by atoms with Crippen LogP contribution in [0.1, 0.15) is 46.9 Å². The van der Waals surface area contributed by atoms with Crippen molar-refractivity contribution in [2.24, 2.45) is 0 Å². The average Bonchev–Trinajstić information content (AvgIpc) is 3.36. The highest BCUT2D eigenvalue weighted by molar-refractivity contribution is 6.01. The molecule has 0 bridgehead atoms. The SMILES string of the molecule is CC(=O)N(C)Cc1cc2c(nc1C=O)N(C(=O)Nc1cc(O[C@H]3CCOC3)c(C#N)cn1)CCC2. The molecule has 2 aliphatic heterocycles. The number of carbonyl (C=O) groups excluding carboxylic acids is 3. The van der Waals surface area contributed by atoms with Crippen LogP contribution in [-0.2, 0) is 22.5 Å². The molecule has 2 aromatic heterocycles. The van der Waals surface area contributed by atoms with Crippen LogP contribution >= 0.6 is 0 Å². The minimum Gasteiger partial charge on any atom is -0.486 e. The van der Waals surface area contributed by atoms with Gasteiger partial charge in [-0.25, -0.2) is 14.8 Å². The van der Waals surface area contributed by atoms with E-state index in [0.717, 1.165) is 5.56 Å². The quantitative estimate of drug-likeness (QED) is 0.624. The summed E-state index contributed by atoms with van der Waals surface area (Å²) in [5.74, 6) is 0.830. The summed E-state index contributed by atoms with van der Waals surface area (Å²) in [4.78, 5) is 48.1. The zero-order valence-electron chi connectivity index (χ0n) is 19.6. The van der Waals surface area contributed by atoms with Gasteiger partial charge in [-0.05, 0) is 24.5 Å². The molecule has 35 heavy (non-hydrogen) atoms. The van der Waals surface area contributed by atoms with Gasteiger partial charge in [0.2, 0.25) is 5.91 Å². The normalized spacial score (nSPS) is 16.7. The number of nitrogens with one attached hydrogen (secondary N) is 1. The second kappa shape index (κ2) is 10.5. The lowest BCUT2D eigenvalue weighted by Gasteiger charge is -2.29. The number of ether oxygens (including phenoxy) is 2. The molecule has 2 aromatic rings. The molecule has 4 heterocycles. The van der Waals surface area contributed by atoms with Gasteiger partial charge < -0.3 is 14.4 Å². The van der Waals surface area contributed by atoms with E-state index in [1.165, 1.54) is 29.0 Å². The smallest absolute Gasteiger partial charge is 0.328 e. The molecule has 0 spiro atoms. The number of aromatic nitrogens is 2. The number of hydrogen-bond acceptors (Lipinski definition) is 8. The van der Waals surface area contributed by atoms with Crippen molar-refractivity contribution in [2.45, 2.75) is 38.8 Å². The summed E-state index contributed by atoms with van der Waals surface area (Å²) in [6.07, 6.45) is 3.94. The van der Waals surface area contributed by atoms with Gasteiger partial charge in [0.25, 0.3) is 0 Å². The van der Waals surface area contributed by atoms with Crippen molar-refractivity contribution in [3.05, 3.63) is 40.7 Å².